The molecule has 1 aromatic carbocycles. The van der Waals surface area contributed by atoms with Crippen LogP contribution in [0.5, 0.6) is 0 Å². The van der Waals surface area contributed by atoms with E-state index in [2.05, 4.69) is 0 Å². The number of hydrogen-bond donors (Lipinski definition) is 1. The molecule has 0 fully saturated rings. The van der Waals surface area contributed by atoms with Gasteiger partial charge in [-0.25, -0.2) is 4.39 Å². The predicted octanol–water partition coefficient (Wildman–Crippen LogP) is 4.92. The first kappa shape index (κ1) is 19.2. The van der Waals surface area contributed by atoms with Crippen LogP contribution in [0.2, 0.25) is 0 Å². The van der Waals surface area contributed by atoms with Gasteiger partial charge in [0, 0.05) is 6.04 Å². The van der Waals surface area contributed by atoms with E-state index in [1.54, 1.807) is 6.92 Å². The Hall–Kier alpha value is -1.10. The average molecular weight is 267 g/mol. The number of nitrogens with two attached hydrogens (primary N) is 1. The van der Waals surface area contributed by atoms with Crippen molar-refractivity contribution in [1.29, 1.82) is 0 Å². The Kier molecular flexibility index (Phi) is 9.53. The Morgan fingerprint density at radius 2 is 1.50 bits per heavy atom. The molecule has 0 aliphatic heterocycles. The fourth-order valence-electron chi connectivity index (χ4n) is 1.04. The van der Waals surface area contributed by atoms with Gasteiger partial charge in [-0.1, -0.05) is 33.8 Å². The quantitative estimate of drug-likeness (QED) is 0.718. The second kappa shape index (κ2) is 8.91. The van der Waals surface area contributed by atoms with Crippen LogP contribution in [0, 0.1) is 5.82 Å². The summed E-state index contributed by atoms with van der Waals surface area (Å²) in [7, 11) is 0. The Balaban J connectivity index is 0. The highest BCUT2D eigenvalue weighted by Gasteiger charge is 2.33. The highest BCUT2D eigenvalue weighted by molar-refractivity contribution is 5.28. The topological polar surface area (TPSA) is 26.0 Å². The zero-order valence-corrected chi connectivity index (χ0v) is 11.4. The molecular weight excluding hydrogens is 246 g/mol. The lowest BCUT2D eigenvalue weighted by Gasteiger charge is -2.10. The van der Waals surface area contributed by atoms with Crippen LogP contribution in [0.4, 0.5) is 17.6 Å². The van der Waals surface area contributed by atoms with E-state index >= 15 is 0 Å². The van der Waals surface area contributed by atoms with E-state index in [-0.39, 0.29) is 0 Å². The van der Waals surface area contributed by atoms with Crippen LogP contribution in [0.15, 0.2) is 18.2 Å². The summed E-state index contributed by atoms with van der Waals surface area (Å²) in [6.45, 7) is 9.57. The normalized spacial score (nSPS) is 11.7. The van der Waals surface area contributed by atoms with Crippen molar-refractivity contribution in [2.24, 2.45) is 5.73 Å². The average Bonchev–Trinajstić information content (AvgIpc) is 2.32. The molecule has 0 saturated heterocycles. The van der Waals surface area contributed by atoms with Crippen LogP contribution < -0.4 is 5.73 Å². The number of hydrogen-bond acceptors (Lipinski definition) is 1. The summed E-state index contributed by atoms with van der Waals surface area (Å²) in [6.07, 6.45) is -4.65. The van der Waals surface area contributed by atoms with Crippen molar-refractivity contribution in [2.45, 2.75) is 46.8 Å². The summed E-state index contributed by atoms with van der Waals surface area (Å²) in [5, 5.41) is 0. The molecule has 0 aliphatic rings. The molecule has 5 heteroatoms. The van der Waals surface area contributed by atoms with Crippen LogP contribution in [0.3, 0.4) is 0 Å². The van der Waals surface area contributed by atoms with Crippen LogP contribution in [-0.4, -0.2) is 0 Å². The fraction of sp³-hybridized carbons (Fsp3) is 0.538. The summed E-state index contributed by atoms with van der Waals surface area (Å²) >= 11 is 0. The number of benzene rings is 1. The van der Waals surface area contributed by atoms with Gasteiger partial charge in [-0.2, -0.15) is 13.2 Å². The first-order valence-electron chi connectivity index (χ1n) is 5.94. The fourth-order valence-corrected chi connectivity index (χ4v) is 1.04. The molecule has 0 aliphatic carbocycles. The number of rotatable bonds is 1. The van der Waals surface area contributed by atoms with E-state index in [0.29, 0.717) is 11.6 Å². The summed E-state index contributed by atoms with van der Waals surface area (Å²) in [6, 6.07) is 2.21. The van der Waals surface area contributed by atoms with Gasteiger partial charge in [0.05, 0.1) is 5.56 Å². The van der Waals surface area contributed by atoms with E-state index in [0.717, 1.165) is 6.07 Å². The molecule has 0 radical (unpaired) electrons. The Bertz CT molecular complexity index is 332. The molecule has 0 heterocycles. The predicted molar refractivity (Wildman–Crippen MR) is 66.7 cm³/mol. The molecule has 1 rings (SSSR count). The summed E-state index contributed by atoms with van der Waals surface area (Å²) in [4.78, 5) is 0. The SMILES string of the molecule is CC.CC.CC(N)c1ccc(C(F)(F)F)c(F)c1. The first-order chi connectivity index (χ1) is 8.32. The van der Waals surface area contributed by atoms with Gasteiger partial charge < -0.3 is 5.73 Å². The van der Waals surface area contributed by atoms with Crippen LogP contribution in [0.1, 0.15) is 51.8 Å². The second-order valence-electron chi connectivity index (χ2n) is 3.03. The molecule has 1 unspecified atom stereocenters. The van der Waals surface area contributed by atoms with Crippen molar-refractivity contribution in [3.8, 4) is 0 Å². The minimum absolute atomic E-state index is 0.343. The van der Waals surface area contributed by atoms with Gasteiger partial charge >= 0.3 is 6.18 Å². The van der Waals surface area contributed by atoms with E-state index in [4.69, 9.17) is 5.73 Å². The number of halogens is 4. The summed E-state index contributed by atoms with van der Waals surface area (Å²) < 4.78 is 49.3. The van der Waals surface area contributed by atoms with Gasteiger partial charge in [0.1, 0.15) is 5.82 Å². The third-order valence-electron chi connectivity index (χ3n) is 1.82. The summed E-state index contributed by atoms with van der Waals surface area (Å²) in [5.41, 5.74) is 4.47. The van der Waals surface area contributed by atoms with Crippen molar-refractivity contribution in [3.05, 3.63) is 35.1 Å². The van der Waals surface area contributed by atoms with Gasteiger partial charge in [0.15, 0.2) is 0 Å². The minimum atomic E-state index is -4.65. The van der Waals surface area contributed by atoms with Crippen molar-refractivity contribution in [2.75, 3.05) is 0 Å². The van der Waals surface area contributed by atoms with Crippen molar-refractivity contribution >= 4 is 0 Å². The molecule has 0 bridgehead atoms. The Morgan fingerprint density at radius 1 is 1.06 bits per heavy atom. The van der Waals surface area contributed by atoms with Crippen molar-refractivity contribution in [1.82, 2.24) is 0 Å². The lowest BCUT2D eigenvalue weighted by molar-refractivity contribution is -0.140. The van der Waals surface area contributed by atoms with E-state index in [9.17, 15) is 17.6 Å². The number of alkyl halides is 3. The highest BCUT2D eigenvalue weighted by atomic mass is 19.4. The van der Waals surface area contributed by atoms with Gasteiger partial charge in [-0.05, 0) is 24.6 Å². The molecule has 106 valence electrons. The van der Waals surface area contributed by atoms with E-state index in [1.807, 2.05) is 27.7 Å². The van der Waals surface area contributed by atoms with Crippen LogP contribution in [0.25, 0.3) is 0 Å². The maximum atomic E-state index is 12.9. The maximum absolute atomic E-state index is 12.9. The largest absolute Gasteiger partial charge is 0.419 e. The van der Waals surface area contributed by atoms with E-state index < -0.39 is 23.6 Å². The van der Waals surface area contributed by atoms with Crippen LogP contribution in [-0.2, 0) is 6.18 Å². The van der Waals surface area contributed by atoms with Gasteiger partial charge in [0.25, 0.3) is 0 Å². The zero-order chi connectivity index (χ0) is 14.9. The first-order valence-corrected chi connectivity index (χ1v) is 5.94. The lowest BCUT2D eigenvalue weighted by atomic mass is 10.1. The Labute approximate surface area is 106 Å². The van der Waals surface area contributed by atoms with E-state index in [1.165, 1.54) is 6.07 Å². The lowest BCUT2D eigenvalue weighted by Crippen LogP contribution is -2.11. The Morgan fingerprint density at radius 3 is 1.78 bits per heavy atom. The third-order valence-corrected chi connectivity index (χ3v) is 1.82. The molecule has 1 nitrogen and oxygen atoms in total. The van der Waals surface area contributed by atoms with Crippen molar-refractivity contribution < 1.29 is 17.6 Å². The standard InChI is InChI=1S/C9H9F4N.2C2H6/c1-5(14)6-2-3-7(8(10)4-6)9(11,12)13;2*1-2/h2-5H,14H2,1H3;2*1-2H3. The van der Waals surface area contributed by atoms with Gasteiger partial charge in [-0.3, -0.25) is 0 Å². The second-order valence-corrected chi connectivity index (χ2v) is 3.03. The molecule has 0 saturated carbocycles. The van der Waals surface area contributed by atoms with Gasteiger partial charge in [0.2, 0.25) is 0 Å². The molecule has 1 atom stereocenters. The highest BCUT2D eigenvalue weighted by Crippen LogP contribution is 2.32. The van der Waals surface area contributed by atoms with Crippen molar-refractivity contribution in [3.63, 3.8) is 0 Å². The maximum Gasteiger partial charge on any atom is 0.419 e. The molecule has 0 aromatic heterocycles. The monoisotopic (exact) mass is 267 g/mol. The molecule has 18 heavy (non-hydrogen) atoms. The third kappa shape index (κ3) is 6.00. The smallest absolute Gasteiger partial charge is 0.324 e. The van der Waals surface area contributed by atoms with Crippen LogP contribution >= 0.6 is 0 Å². The molecule has 2 N–H and O–H groups in total. The van der Waals surface area contributed by atoms with Gasteiger partial charge in [-0.15, -0.1) is 0 Å². The molecule has 1 aromatic rings. The molecule has 0 amide bonds. The minimum Gasteiger partial charge on any atom is -0.324 e. The zero-order valence-electron chi connectivity index (χ0n) is 11.4. The molecule has 0 spiro atoms. The summed E-state index contributed by atoms with van der Waals surface area (Å²) in [5.74, 6) is -1.28. The molecular formula is C13H21F4N.